The number of nitrogens with zero attached hydrogens (tertiary/aromatic N) is 2. The van der Waals surface area contributed by atoms with Crippen molar-refractivity contribution in [2.45, 2.75) is 0 Å². The highest BCUT2D eigenvalue weighted by atomic mass is 35.5. The van der Waals surface area contributed by atoms with E-state index in [0.29, 0.717) is 5.69 Å². The van der Waals surface area contributed by atoms with Gasteiger partial charge in [-0.05, 0) is 6.07 Å². The highest BCUT2D eigenvalue weighted by Crippen LogP contribution is 2.20. The second kappa shape index (κ2) is 6.81. The number of rotatable bonds is 2. The summed E-state index contributed by atoms with van der Waals surface area (Å²) >= 11 is 7.77. The van der Waals surface area contributed by atoms with Crippen molar-refractivity contribution >= 4 is 41.1 Å². The third-order valence-corrected chi connectivity index (χ3v) is 4.00. The number of pyridine rings is 1. The summed E-state index contributed by atoms with van der Waals surface area (Å²) in [4.78, 5) is 29.0. The van der Waals surface area contributed by atoms with E-state index in [2.05, 4.69) is 15.0 Å². The largest absolute Gasteiger partial charge is 0.464 e. The van der Waals surface area contributed by atoms with Gasteiger partial charge in [-0.2, -0.15) is 11.8 Å². The maximum absolute atomic E-state index is 12.0. The third-order valence-electron chi connectivity index (χ3n) is 2.77. The third kappa shape index (κ3) is 3.55. The summed E-state index contributed by atoms with van der Waals surface area (Å²) < 4.78 is 4.55. The van der Waals surface area contributed by atoms with Gasteiger partial charge >= 0.3 is 12.0 Å². The number of carbonyl (C=O) groups is 2. The fraction of sp³-hybridized carbons (Fsp3) is 0.417. The quantitative estimate of drug-likeness (QED) is 0.846. The Morgan fingerprint density at radius 1 is 1.45 bits per heavy atom. The molecule has 0 spiro atoms. The van der Waals surface area contributed by atoms with E-state index >= 15 is 0 Å². The molecular weight excluding hydrogens is 302 g/mol. The summed E-state index contributed by atoms with van der Waals surface area (Å²) in [6.45, 7) is 1.44. The topological polar surface area (TPSA) is 71.5 Å². The van der Waals surface area contributed by atoms with Crippen molar-refractivity contribution in [1.82, 2.24) is 9.88 Å². The number of hydrogen-bond acceptors (Lipinski definition) is 5. The van der Waals surface area contributed by atoms with Crippen LogP contribution in [0.25, 0.3) is 0 Å². The average molecular weight is 316 g/mol. The molecule has 1 aromatic rings. The molecule has 0 atom stereocenters. The number of carbonyl (C=O) groups excluding carboxylic acids is 2. The Bertz CT molecular complexity index is 521. The maximum Gasteiger partial charge on any atom is 0.358 e. The van der Waals surface area contributed by atoms with Crippen molar-refractivity contribution in [3.8, 4) is 0 Å². The van der Waals surface area contributed by atoms with E-state index in [9.17, 15) is 9.59 Å². The lowest BCUT2D eigenvalue weighted by atomic mass is 10.3. The summed E-state index contributed by atoms with van der Waals surface area (Å²) in [6, 6.07) is 1.30. The number of hydrogen-bond donors (Lipinski definition) is 1. The molecule has 108 valence electrons. The van der Waals surface area contributed by atoms with Crippen molar-refractivity contribution in [1.29, 1.82) is 0 Å². The van der Waals surface area contributed by atoms with Gasteiger partial charge in [0.25, 0.3) is 0 Å². The monoisotopic (exact) mass is 315 g/mol. The molecule has 0 saturated carbocycles. The van der Waals surface area contributed by atoms with Crippen molar-refractivity contribution < 1.29 is 14.3 Å². The number of anilines is 1. The lowest BCUT2D eigenvalue weighted by molar-refractivity contribution is 0.0594. The minimum Gasteiger partial charge on any atom is -0.464 e. The standard InChI is InChI=1S/C12H14ClN3O3S/c1-19-11(17)10-9(13)6-8(7-14-10)15-12(18)16-2-4-20-5-3-16/h6-7H,2-5H2,1H3,(H,15,18). The number of thioether (sulfide) groups is 1. The second-order valence-corrected chi connectivity index (χ2v) is 5.71. The minimum atomic E-state index is -0.610. The molecule has 1 fully saturated rings. The van der Waals surface area contributed by atoms with Crippen LogP contribution in [0.1, 0.15) is 10.5 Å². The van der Waals surface area contributed by atoms with Crippen LogP contribution in [-0.2, 0) is 4.74 Å². The second-order valence-electron chi connectivity index (χ2n) is 4.08. The van der Waals surface area contributed by atoms with Crippen molar-refractivity contribution in [3.05, 3.63) is 23.0 Å². The molecule has 2 heterocycles. The normalized spacial score (nSPS) is 14.8. The van der Waals surface area contributed by atoms with Gasteiger partial charge in [0.15, 0.2) is 5.69 Å². The minimum absolute atomic E-state index is 0.0292. The SMILES string of the molecule is COC(=O)c1ncc(NC(=O)N2CCSCC2)cc1Cl. The highest BCUT2D eigenvalue weighted by Gasteiger charge is 2.18. The van der Waals surface area contributed by atoms with Gasteiger partial charge in [-0.15, -0.1) is 0 Å². The Balaban J connectivity index is 2.04. The Labute approximate surface area is 125 Å². The van der Waals surface area contributed by atoms with Crippen molar-refractivity contribution in [2.24, 2.45) is 0 Å². The molecule has 0 bridgehead atoms. The first-order chi connectivity index (χ1) is 9.61. The molecule has 6 nitrogen and oxygen atoms in total. The molecule has 0 aromatic carbocycles. The molecule has 2 rings (SSSR count). The zero-order chi connectivity index (χ0) is 14.5. The zero-order valence-electron chi connectivity index (χ0n) is 10.9. The molecule has 0 aliphatic carbocycles. The Morgan fingerprint density at radius 3 is 2.75 bits per heavy atom. The summed E-state index contributed by atoms with van der Waals surface area (Å²) in [5.41, 5.74) is 0.479. The summed E-state index contributed by atoms with van der Waals surface area (Å²) in [7, 11) is 1.25. The van der Waals surface area contributed by atoms with Crippen LogP contribution in [0.4, 0.5) is 10.5 Å². The van der Waals surface area contributed by atoms with Gasteiger partial charge in [0, 0.05) is 24.6 Å². The fourth-order valence-corrected chi connectivity index (χ4v) is 2.87. The molecule has 0 unspecified atom stereocenters. The predicted molar refractivity (Wildman–Crippen MR) is 78.5 cm³/mol. The molecule has 0 radical (unpaired) electrons. The van der Waals surface area contributed by atoms with Gasteiger partial charge in [-0.1, -0.05) is 11.6 Å². The molecule has 8 heteroatoms. The molecule has 1 saturated heterocycles. The number of aromatic nitrogens is 1. The summed E-state index contributed by atoms with van der Waals surface area (Å²) in [5, 5.41) is 2.86. The lowest BCUT2D eigenvalue weighted by Gasteiger charge is -2.26. The van der Waals surface area contributed by atoms with E-state index < -0.39 is 5.97 Å². The zero-order valence-corrected chi connectivity index (χ0v) is 12.5. The van der Waals surface area contributed by atoms with Crippen LogP contribution >= 0.6 is 23.4 Å². The van der Waals surface area contributed by atoms with Gasteiger partial charge in [0.2, 0.25) is 0 Å². The molecule has 1 aromatic heterocycles. The molecular formula is C12H14ClN3O3S. The van der Waals surface area contributed by atoms with E-state index in [4.69, 9.17) is 11.6 Å². The summed E-state index contributed by atoms with van der Waals surface area (Å²) in [6.07, 6.45) is 1.38. The summed E-state index contributed by atoms with van der Waals surface area (Å²) in [5.74, 6) is 1.27. The van der Waals surface area contributed by atoms with Crippen LogP contribution < -0.4 is 5.32 Å². The van der Waals surface area contributed by atoms with Gasteiger partial charge < -0.3 is 15.0 Å². The number of nitrogens with one attached hydrogen (secondary N) is 1. The van der Waals surface area contributed by atoms with Gasteiger partial charge in [-0.3, -0.25) is 0 Å². The first-order valence-electron chi connectivity index (χ1n) is 5.99. The van der Waals surface area contributed by atoms with Gasteiger partial charge in [0.1, 0.15) is 0 Å². The number of halogens is 1. The fourth-order valence-electron chi connectivity index (χ4n) is 1.72. The van der Waals surface area contributed by atoms with E-state index in [0.717, 1.165) is 24.6 Å². The van der Waals surface area contributed by atoms with Crippen LogP contribution in [0, 0.1) is 0 Å². The predicted octanol–water partition coefficient (Wildman–Crippen LogP) is 2.10. The number of amides is 2. The van der Waals surface area contributed by atoms with Crippen LogP contribution in [0.2, 0.25) is 5.02 Å². The van der Waals surface area contributed by atoms with Gasteiger partial charge in [-0.25, -0.2) is 14.6 Å². The Hall–Kier alpha value is -1.47. The smallest absolute Gasteiger partial charge is 0.358 e. The maximum atomic E-state index is 12.0. The Kier molecular flexibility index (Phi) is 5.08. The first-order valence-corrected chi connectivity index (χ1v) is 7.52. The molecule has 1 N–H and O–H groups in total. The van der Waals surface area contributed by atoms with Gasteiger partial charge in [0.05, 0.1) is 24.0 Å². The lowest BCUT2D eigenvalue weighted by Crippen LogP contribution is -2.40. The van der Waals surface area contributed by atoms with Crippen LogP contribution in [-0.4, -0.2) is 53.6 Å². The van der Waals surface area contributed by atoms with Crippen LogP contribution in [0.3, 0.4) is 0 Å². The van der Waals surface area contributed by atoms with E-state index in [1.165, 1.54) is 19.4 Å². The van der Waals surface area contributed by atoms with E-state index in [-0.39, 0.29) is 16.7 Å². The molecule has 2 amide bonds. The van der Waals surface area contributed by atoms with Crippen molar-refractivity contribution in [3.63, 3.8) is 0 Å². The van der Waals surface area contributed by atoms with Crippen LogP contribution in [0.5, 0.6) is 0 Å². The number of ether oxygens (including phenoxy) is 1. The first kappa shape index (κ1) is 14.9. The van der Waals surface area contributed by atoms with E-state index in [1.54, 1.807) is 4.90 Å². The highest BCUT2D eigenvalue weighted by molar-refractivity contribution is 7.99. The Morgan fingerprint density at radius 2 is 2.15 bits per heavy atom. The molecule has 20 heavy (non-hydrogen) atoms. The van der Waals surface area contributed by atoms with Crippen LogP contribution in [0.15, 0.2) is 12.3 Å². The molecule has 1 aliphatic rings. The molecule has 1 aliphatic heterocycles. The number of methoxy groups -OCH3 is 1. The van der Waals surface area contributed by atoms with E-state index in [1.807, 2.05) is 11.8 Å². The number of esters is 1. The van der Waals surface area contributed by atoms with Crippen molar-refractivity contribution in [2.75, 3.05) is 37.0 Å². The number of urea groups is 1. The average Bonchev–Trinajstić information content (AvgIpc) is 2.47.